The number of hydrogen-bond acceptors (Lipinski definition) is 2. The normalized spacial score (nSPS) is 31.4. The van der Waals surface area contributed by atoms with Crippen LogP contribution in [0.15, 0.2) is 0 Å². The van der Waals surface area contributed by atoms with Crippen LogP contribution in [0.25, 0.3) is 0 Å². The minimum absolute atomic E-state index is 0.154. The lowest BCUT2D eigenvalue weighted by molar-refractivity contribution is -0.132. The molecule has 1 unspecified atom stereocenters. The predicted octanol–water partition coefficient (Wildman–Crippen LogP) is 1.13. The van der Waals surface area contributed by atoms with Crippen LogP contribution in [0.1, 0.15) is 39.0 Å². The van der Waals surface area contributed by atoms with Crippen molar-refractivity contribution < 1.29 is 4.79 Å². The highest BCUT2D eigenvalue weighted by atomic mass is 16.2. The summed E-state index contributed by atoms with van der Waals surface area (Å²) in [7, 11) is 0. The lowest BCUT2D eigenvalue weighted by atomic mass is 9.98. The van der Waals surface area contributed by atoms with Crippen LogP contribution in [0.4, 0.5) is 0 Å². The van der Waals surface area contributed by atoms with E-state index < -0.39 is 0 Å². The first-order valence-electron chi connectivity index (χ1n) is 5.66. The Hall–Kier alpha value is -0.570. The maximum atomic E-state index is 11.8. The second kappa shape index (κ2) is 3.54. The Kier molecular flexibility index (Phi) is 2.52. The van der Waals surface area contributed by atoms with Crippen molar-refractivity contribution >= 4 is 5.91 Å². The summed E-state index contributed by atoms with van der Waals surface area (Å²) in [6.07, 6.45) is 5.57. The van der Waals surface area contributed by atoms with Crippen LogP contribution < -0.4 is 5.73 Å². The van der Waals surface area contributed by atoms with E-state index in [0.29, 0.717) is 24.8 Å². The molecule has 0 spiro atoms. The molecule has 1 saturated carbocycles. The van der Waals surface area contributed by atoms with Crippen molar-refractivity contribution in [3.05, 3.63) is 0 Å². The van der Waals surface area contributed by atoms with E-state index >= 15 is 0 Å². The van der Waals surface area contributed by atoms with E-state index in [2.05, 4.69) is 11.8 Å². The zero-order valence-electron chi connectivity index (χ0n) is 8.96. The van der Waals surface area contributed by atoms with Gasteiger partial charge in [0.15, 0.2) is 0 Å². The van der Waals surface area contributed by atoms with Crippen LogP contribution in [-0.4, -0.2) is 29.4 Å². The van der Waals surface area contributed by atoms with Gasteiger partial charge in [-0.25, -0.2) is 0 Å². The number of carbonyl (C=O) groups excluding carboxylic acids is 1. The summed E-state index contributed by atoms with van der Waals surface area (Å²) in [5, 5.41) is 0. The summed E-state index contributed by atoms with van der Waals surface area (Å²) in [6, 6.07) is 0. The first kappa shape index (κ1) is 9.97. The second-order valence-corrected chi connectivity index (χ2v) is 5.01. The zero-order chi connectivity index (χ0) is 10.2. The summed E-state index contributed by atoms with van der Waals surface area (Å²) < 4.78 is 0. The van der Waals surface area contributed by atoms with E-state index in [1.807, 2.05) is 0 Å². The molecule has 1 saturated heterocycles. The van der Waals surface area contributed by atoms with Crippen molar-refractivity contribution in [3.63, 3.8) is 0 Å². The fourth-order valence-electron chi connectivity index (χ4n) is 2.87. The van der Waals surface area contributed by atoms with Crippen molar-refractivity contribution in [3.8, 4) is 0 Å². The quantitative estimate of drug-likeness (QED) is 0.719. The SMILES string of the molecule is CC1(N2CC(CN)CC2=O)CCCC1. The first-order chi connectivity index (χ1) is 6.65. The molecule has 3 nitrogen and oxygen atoms in total. The topological polar surface area (TPSA) is 46.3 Å². The molecular weight excluding hydrogens is 176 g/mol. The van der Waals surface area contributed by atoms with Crippen LogP contribution >= 0.6 is 0 Å². The highest BCUT2D eigenvalue weighted by Crippen LogP contribution is 2.38. The third-order valence-corrected chi connectivity index (χ3v) is 3.87. The summed E-state index contributed by atoms with van der Waals surface area (Å²) in [5.41, 5.74) is 5.77. The highest BCUT2D eigenvalue weighted by molar-refractivity contribution is 5.79. The van der Waals surface area contributed by atoms with Crippen LogP contribution in [0.2, 0.25) is 0 Å². The molecule has 0 aromatic heterocycles. The van der Waals surface area contributed by atoms with E-state index in [-0.39, 0.29) is 5.54 Å². The van der Waals surface area contributed by atoms with Gasteiger partial charge in [0.25, 0.3) is 0 Å². The van der Waals surface area contributed by atoms with Crippen molar-refractivity contribution in [2.75, 3.05) is 13.1 Å². The highest BCUT2D eigenvalue weighted by Gasteiger charge is 2.42. The minimum Gasteiger partial charge on any atom is -0.337 e. The van der Waals surface area contributed by atoms with Gasteiger partial charge >= 0.3 is 0 Å². The van der Waals surface area contributed by atoms with Crippen LogP contribution in [0.5, 0.6) is 0 Å². The minimum atomic E-state index is 0.154. The van der Waals surface area contributed by atoms with Gasteiger partial charge in [0, 0.05) is 18.5 Å². The summed E-state index contributed by atoms with van der Waals surface area (Å²) in [4.78, 5) is 13.9. The summed E-state index contributed by atoms with van der Waals surface area (Å²) in [5.74, 6) is 0.727. The van der Waals surface area contributed by atoms with Gasteiger partial charge in [-0.2, -0.15) is 0 Å². The standard InChI is InChI=1S/C11H20N2O/c1-11(4-2-3-5-11)13-8-9(7-12)6-10(13)14/h9H,2-8,12H2,1H3. The van der Waals surface area contributed by atoms with Crippen molar-refractivity contribution in [2.24, 2.45) is 11.7 Å². The Labute approximate surface area is 85.6 Å². The van der Waals surface area contributed by atoms with E-state index in [9.17, 15) is 4.79 Å². The molecule has 0 aromatic carbocycles. The molecular formula is C11H20N2O. The van der Waals surface area contributed by atoms with E-state index in [4.69, 9.17) is 5.73 Å². The molecule has 1 atom stereocenters. The third kappa shape index (κ3) is 1.54. The smallest absolute Gasteiger partial charge is 0.223 e. The number of carbonyl (C=O) groups is 1. The lowest BCUT2D eigenvalue weighted by Gasteiger charge is -2.35. The number of rotatable bonds is 2. The van der Waals surface area contributed by atoms with E-state index in [1.54, 1.807) is 0 Å². The van der Waals surface area contributed by atoms with Crippen molar-refractivity contribution in [1.29, 1.82) is 0 Å². The average molecular weight is 196 g/mol. The summed E-state index contributed by atoms with van der Waals surface area (Å²) >= 11 is 0. The van der Waals surface area contributed by atoms with Gasteiger partial charge in [-0.15, -0.1) is 0 Å². The molecule has 80 valence electrons. The molecule has 0 bridgehead atoms. The van der Waals surface area contributed by atoms with Crippen LogP contribution in [-0.2, 0) is 4.79 Å². The van der Waals surface area contributed by atoms with E-state index in [1.165, 1.54) is 25.7 Å². The molecule has 1 heterocycles. The molecule has 1 amide bonds. The molecule has 2 rings (SSSR count). The van der Waals surface area contributed by atoms with Gasteiger partial charge in [0.1, 0.15) is 0 Å². The van der Waals surface area contributed by atoms with Gasteiger partial charge < -0.3 is 10.6 Å². The molecule has 2 fully saturated rings. The number of nitrogens with zero attached hydrogens (tertiary/aromatic N) is 1. The fourth-order valence-corrected chi connectivity index (χ4v) is 2.87. The van der Waals surface area contributed by atoms with Crippen molar-refractivity contribution in [2.45, 2.75) is 44.6 Å². The van der Waals surface area contributed by atoms with Gasteiger partial charge in [-0.1, -0.05) is 12.8 Å². The Morgan fingerprint density at radius 1 is 1.50 bits per heavy atom. The molecule has 3 heteroatoms. The number of amides is 1. The Bertz CT molecular complexity index is 233. The average Bonchev–Trinajstić information content (AvgIpc) is 2.73. The monoisotopic (exact) mass is 196 g/mol. The van der Waals surface area contributed by atoms with Crippen LogP contribution in [0.3, 0.4) is 0 Å². The number of nitrogens with two attached hydrogens (primary N) is 1. The van der Waals surface area contributed by atoms with Gasteiger partial charge in [-0.05, 0) is 32.2 Å². The molecule has 1 aliphatic heterocycles. The Morgan fingerprint density at radius 2 is 2.14 bits per heavy atom. The van der Waals surface area contributed by atoms with Crippen molar-refractivity contribution in [1.82, 2.24) is 4.90 Å². The van der Waals surface area contributed by atoms with Gasteiger partial charge in [0.05, 0.1) is 0 Å². The maximum absolute atomic E-state index is 11.8. The number of likely N-dealkylation sites (tertiary alicyclic amines) is 1. The summed E-state index contributed by atoms with van der Waals surface area (Å²) in [6.45, 7) is 3.78. The predicted molar refractivity (Wildman–Crippen MR) is 55.7 cm³/mol. The molecule has 14 heavy (non-hydrogen) atoms. The Balaban J connectivity index is 2.07. The molecule has 1 aliphatic carbocycles. The lowest BCUT2D eigenvalue weighted by Crippen LogP contribution is -2.45. The maximum Gasteiger partial charge on any atom is 0.223 e. The van der Waals surface area contributed by atoms with Gasteiger partial charge in [0.2, 0.25) is 5.91 Å². The Morgan fingerprint density at radius 3 is 2.64 bits per heavy atom. The molecule has 0 aromatic rings. The molecule has 0 radical (unpaired) electrons. The largest absolute Gasteiger partial charge is 0.337 e. The molecule has 2 N–H and O–H groups in total. The third-order valence-electron chi connectivity index (χ3n) is 3.87. The van der Waals surface area contributed by atoms with Gasteiger partial charge in [-0.3, -0.25) is 4.79 Å². The van der Waals surface area contributed by atoms with E-state index in [0.717, 1.165) is 6.54 Å². The fraction of sp³-hybridized carbons (Fsp3) is 0.909. The molecule has 2 aliphatic rings. The van der Waals surface area contributed by atoms with Crippen LogP contribution in [0, 0.1) is 5.92 Å². The first-order valence-corrected chi connectivity index (χ1v) is 5.66. The number of hydrogen-bond donors (Lipinski definition) is 1. The second-order valence-electron chi connectivity index (χ2n) is 5.01. The zero-order valence-corrected chi connectivity index (χ0v) is 8.96.